The van der Waals surface area contributed by atoms with Gasteiger partial charge in [-0.2, -0.15) is 13.2 Å². The molecule has 0 aliphatic carbocycles. The SMILES string of the molecule is CCOC(=O)N1CCN(C(=O)C2Cc3cc(C(F)(F)F)ccc3N3CCN(c4cccc(OC)c4)CC23)CC1. The highest BCUT2D eigenvalue weighted by atomic mass is 19.4. The first-order chi connectivity index (χ1) is 18.7. The number of hydrogen-bond acceptors (Lipinski definition) is 6. The fraction of sp³-hybridized carbons (Fsp3) is 0.500. The van der Waals surface area contributed by atoms with Crippen LogP contribution in [0.5, 0.6) is 5.75 Å². The number of carbonyl (C=O) groups excluding carboxylic acids is 2. The van der Waals surface area contributed by atoms with Crippen LogP contribution in [0, 0.1) is 5.92 Å². The second kappa shape index (κ2) is 10.9. The molecule has 3 aliphatic rings. The second-order valence-electron chi connectivity index (χ2n) is 10.1. The van der Waals surface area contributed by atoms with Crippen molar-refractivity contribution in [3.63, 3.8) is 0 Å². The van der Waals surface area contributed by atoms with Gasteiger partial charge in [0.1, 0.15) is 5.75 Å². The fourth-order valence-corrected chi connectivity index (χ4v) is 5.88. The third-order valence-electron chi connectivity index (χ3n) is 7.89. The summed E-state index contributed by atoms with van der Waals surface area (Å²) in [6.45, 7) is 5.23. The van der Waals surface area contributed by atoms with E-state index in [4.69, 9.17) is 9.47 Å². The summed E-state index contributed by atoms with van der Waals surface area (Å²) in [4.78, 5) is 33.7. The molecule has 5 rings (SSSR count). The number of piperazine rings is 2. The maximum Gasteiger partial charge on any atom is 0.416 e. The molecule has 11 heteroatoms. The van der Waals surface area contributed by atoms with Gasteiger partial charge in [-0.05, 0) is 49.2 Å². The van der Waals surface area contributed by atoms with Gasteiger partial charge < -0.3 is 29.1 Å². The van der Waals surface area contributed by atoms with E-state index in [-0.39, 0.29) is 25.0 Å². The topological polar surface area (TPSA) is 65.6 Å². The molecule has 2 fully saturated rings. The van der Waals surface area contributed by atoms with Crippen molar-refractivity contribution in [2.24, 2.45) is 5.92 Å². The molecule has 0 radical (unpaired) electrons. The Morgan fingerprint density at radius 1 is 0.974 bits per heavy atom. The summed E-state index contributed by atoms with van der Waals surface area (Å²) >= 11 is 0. The molecular weight excluding hydrogens is 513 g/mol. The van der Waals surface area contributed by atoms with Crippen LogP contribution in [0.4, 0.5) is 29.3 Å². The largest absolute Gasteiger partial charge is 0.497 e. The maximum atomic E-state index is 13.9. The van der Waals surface area contributed by atoms with Crippen LogP contribution in [0.25, 0.3) is 0 Å². The predicted octanol–water partition coefficient (Wildman–Crippen LogP) is 3.88. The Bertz CT molecular complexity index is 1220. The molecule has 3 heterocycles. The normalized spacial score (nSPS) is 21.3. The highest BCUT2D eigenvalue weighted by Crippen LogP contribution is 2.41. The van der Waals surface area contributed by atoms with Gasteiger partial charge in [0.2, 0.25) is 5.91 Å². The molecule has 3 aliphatic heterocycles. The van der Waals surface area contributed by atoms with Crippen LogP contribution in [0.15, 0.2) is 42.5 Å². The van der Waals surface area contributed by atoms with Crippen LogP contribution in [-0.4, -0.2) is 87.4 Å². The number of benzene rings is 2. The zero-order chi connectivity index (χ0) is 27.7. The molecule has 2 aromatic rings. The Hall–Kier alpha value is -3.63. The van der Waals surface area contributed by atoms with E-state index in [2.05, 4.69) is 9.80 Å². The summed E-state index contributed by atoms with van der Waals surface area (Å²) in [5, 5.41) is 0. The van der Waals surface area contributed by atoms with E-state index in [1.165, 1.54) is 6.07 Å². The Kier molecular flexibility index (Phi) is 7.51. The quantitative estimate of drug-likeness (QED) is 0.580. The van der Waals surface area contributed by atoms with Gasteiger partial charge in [0, 0.05) is 63.3 Å². The Morgan fingerprint density at radius 3 is 2.41 bits per heavy atom. The lowest BCUT2D eigenvalue weighted by molar-refractivity contribution is -0.138. The summed E-state index contributed by atoms with van der Waals surface area (Å²) in [6.07, 6.45) is -4.63. The fourth-order valence-electron chi connectivity index (χ4n) is 5.88. The average Bonchev–Trinajstić information content (AvgIpc) is 2.95. The molecule has 39 heavy (non-hydrogen) atoms. The number of nitrogens with zero attached hydrogens (tertiary/aromatic N) is 4. The highest BCUT2D eigenvalue weighted by Gasteiger charge is 2.44. The smallest absolute Gasteiger partial charge is 0.416 e. The second-order valence-corrected chi connectivity index (χ2v) is 10.1. The van der Waals surface area contributed by atoms with E-state index in [1.807, 2.05) is 24.3 Å². The predicted molar refractivity (Wildman–Crippen MR) is 140 cm³/mol. The molecule has 2 amide bonds. The monoisotopic (exact) mass is 546 g/mol. The van der Waals surface area contributed by atoms with E-state index < -0.39 is 23.8 Å². The summed E-state index contributed by atoms with van der Waals surface area (Å²) in [5.41, 5.74) is 1.57. The number of fused-ring (bicyclic) bond motifs is 3. The van der Waals surface area contributed by atoms with Crippen molar-refractivity contribution in [3.8, 4) is 5.75 Å². The summed E-state index contributed by atoms with van der Waals surface area (Å²) in [7, 11) is 1.61. The van der Waals surface area contributed by atoms with Crippen LogP contribution in [0.3, 0.4) is 0 Å². The lowest BCUT2D eigenvalue weighted by atomic mass is 9.82. The number of ether oxygens (including phenoxy) is 2. The first-order valence-corrected chi connectivity index (χ1v) is 13.3. The van der Waals surface area contributed by atoms with Gasteiger partial charge in [0.15, 0.2) is 0 Å². The first kappa shape index (κ1) is 27.0. The summed E-state index contributed by atoms with van der Waals surface area (Å²) in [5.74, 6) is 0.114. The van der Waals surface area contributed by atoms with Gasteiger partial charge in [-0.25, -0.2) is 4.79 Å². The highest BCUT2D eigenvalue weighted by molar-refractivity contribution is 5.83. The zero-order valence-electron chi connectivity index (χ0n) is 22.1. The Balaban J connectivity index is 1.42. The number of carbonyl (C=O) groups is 2. The van der Waals surface area contributed by atoms with Gasteiger partial charge in [0.05, 0.1) is 31.2 Å². The lowest BCUT2D eigenvalue weighted by Gasteiger charge is -2.50. The van der Waals surface area contributed by atoms with Crippen LogP contribution in [0.2, 0.25) is 0 Å². The van der Waals surface area contributed by atoms with Crippen molar-refractivity contribution in [1.29, 1.82) is 0 Å². The van der Waals surface area contributed by atoms with Crippen LogP contribution < -0.4 is 14.5 Å². The van der Waals surface area contributed by atoms with Gasteiger partial charge >= 0.3 is 12.3 Å². The molecule has 210 valence electrons. The van der Waals surface area contributed by atoms with Gasteiger partial charge in [-0.1, -0.05) is 6.07 Å². The molecular formula is C28H33F3N4O4. The number of halogens is 3. The average molecular weight is 547 g/mol. The minimum atomic E-state index is -4.46. The molecule has 0 bridgehead atoms. The van der Waals surface area contributed by atoms with Crippen LogP contribution in [-0.2, 0) is 22.1 Å². The zero-order valence-corrected chi connectivity index (χ0v) is 22.1. The van der Waals surface area contributed by atoms with Crippen molar-refractivity contribution in [2.45, 2.75) is 25.6 Å². The van der Waals surface area contributed by atoms with Gasteiger partial charge in [-0.3, -0.25) is 4.79 Å². The molecule has 2 unspecified atom stereocenters. The number of methoxy groups -OCH3 is 1. The van der Waals surface area contributed by atoms with Crippen molar-refractivity contribution >= 4 is 23.4 Å². The van der Waals surface area contributed by atoms with Crippen molar-refractivity contribution in [2.75, 3.05) is 69.3 Å². The number of amides is 2. The van der Waals surface area contributed by atoms with Crippen LogP contribution >= 0.6 is 0 Å². The Labute approximate surface area is 225 Å². The summed E-state index contributed by atoms with van der Waals surface area (Å²) in [6, 6.07) is 11.4. The van der Waals surface area contributed by atoms with Crippen molar-refractivity contribution < 1.29 is 32.2 Å². The van der Waals surface area contributed by atoms with Gasteiger partial charge in [-0.15, -0.1) is 0 Å². The summed E-state index contributed by atoms with van der Waals surface area (Å²) < 4.78 is 51.1. The van der Waals surface area contributed by atoms with Gasteiger partial charge in [0.25, 0.3) is 0 Å². The minimum Gasteiger partial charge on any atom is -0.497 e. The minimum absolute atomic E-state index is 0.0935. The Morgan fingerprint density at radius 2 is 1.72 bits per heavy atom. The molecule has 0 spiro atoms. The molecule has 2 atom stereocenters. The molecule has 0 saturated carbocycles. The van der Waals surface area contributed by atoms with E-state index >= 15 is 0 Å². The molecule has 2 saturated heterocycles. The standard InChI is InChI=1S/C28H33F3N4O4/c1-3-39-27(37)33-11-9-32(10-12-33)26(36)23-16-19-15-20(28(29,30)31)7-8-24(19)35-14-13-34(18-25(23)35)21-5-4-6-22(17-21)38-2/h4-8,15,17,23,25H,3,9-14,16,18H2,1-2H3. The number of hydrogen-bond donors (Lipinski definition) is 0. The molecule has 2 aromatic carbocycles. The third-order valence-corrected chi connectivity index (χ3v) is 7.89. The maximum absolute atomic E-state index is 13.9. The van der Waals surface area contributed by atoms with E-state index in [1.54, 1.807) is 29.9 Å². The number of rotatable bonds is 4. The molecule has 0 aromatic heterocycles. The van der Waals surface area contributed by atoms with Crippen molar-refractivity contribution in [3.05, 3.63) is 53.6 Å². The first-order valence-electron chi connectivity index (χ1n) is 13.3. The van der Waals surface area contributed by atoms with Crippen molar-refractivity contribution in [1.82, 2.24) is 9.80 Å². The number of anilines is 2. The van der Waals surface area contributed by atoms with Crippen LogP contribution in [0.1, 0.15) is 18.1 Å². The molecule has 8 nitrogen and oxygen atoms in total. The third kappa shape index (κ3) is 5.44. The van der Waals surface area contributed by atoms with E-state index in [0.29, 0.717) is 51.4 Å². The number of alkyl halides is 3. The van der Waals surface area contributed by atoms with E-state index in [9.17, 15) is 22.8 Å². The van der Waals surface area contributed by atoms with E-state index in [0.717, 1.165) is 23.2 Å². The lowest BCUT2D eigenvalue weighted by Crippen LogP contribution is -2.62. The molecule has 0 N–H and O–H groups in total.